The van der Waals surface area contributed by atoms with Crippen LogP contribution in [0, 0.1) is 11.7 Å². The highest BCUT2D eigenvalue weighted by Crippen LogP contribution is 2.48. The van der Waals surface area contributed by atoms with E-state index >= 15 is 0 Å². The Kier molecular flexibility index (Phi) is 4.07. The minimum atomic E-state index is -0.476. The van der Waals surface area contributed by atoms with Crippen LogP contribution in [0.2, 0.25) is 0 Å². The summed E-state index contributed by atoms with van der Waals surface area (Å²) in [7, 11) is 0. The summed E-state index contributed by atoms with van der Waals surface area (Å²) in [5, 5.41) is 4.19. The summed E-state index contributed by atoms with van der Waals surface area (Å²) in [5.41, 5.74) is 2.67. The number of carbonyl (C=O) groups excluding carboxylic acids is 2. The highest BCUT2D eigenvalue weighted by atomic mass is 19.1. The lowest BCUT2D eigenvalue weighted by atomic mass is 9.90. The lowest BCUT2D eigenvalue weighted by Gasteiger charge is -2.29. The monoisotopic (exact) mass is 379 g/mol. The zero-order chi connectivity index (χ0) is 19.4. The van der Waals surface area contributed by atoms with Gasteiger partial charge in [-0.05, 0) is 48.2 Å². The van der Waals surface area contributed by atoms with E-state index in [0.717, 1.165) is 37.1 Å². The molecule has 3 aliphatic rings. The van der Waals surface area contributed by atoms with E-state index in [1.54, 1.807) is 12.1 Å². The van der Waals surface area contributed by atoms with Gasteiger partial charge < -0.3 is 0 Å². The lowest BCUT2D eigenvalue weighted by Crippen LogP contribution is -2.44. The van der Waals surface area contributed by atoms with E-state index in [4.69, 9.17) is 0 Å². The second kappa shape index (κ2) is 6.50. The Hall–Kier alpha value is -2.57. The maximum absolute atomic E-state index is 13.4. The molecular weight excluding hydrogens is 357 g/mol. The Labute approximate surface area is 163 Å². The van der Waals surface area contributed by atoms with E-state index in [2.05, 4.69) is 16.9 Å². The molecule has 0 aromatic heterocycles. The van der Waals surface area contributed by atoms with Crippen LogP contribution in [0.1, 0.15) is 30.5 Å². The maximum Gasteiger partial charge on any atom is 0.253 e. The van der Waals surface area contributed by atoms with Crippen LogP contribution >= 0.6 is 0 Å². The Balaban J connectivity index is 1.55. The van der Waals surface area contributed by atoms with Gasteiger partial charge in [-0.15, -0.1) is 0 Å². The summed E-state index contributed by atoms with van der Waals surface area (Å²) in [6, 6.07) is 13.2. The summed E-state index contributed by atoms with van der Waals surface area (Å²) < 4.78 is 13.4. The van der Waals surface area contributed by atoms with Crippen LogP contribution in [-0.2, 0) is 16.0 Å². The minimum Gasteiger partial charge on any atom is -0.274 e. The van der Waals surface area contributed by atoms with Crippen LogP contribution in [0.4, 0.5) is 10.1 Å². The zero-order valence-corrected chi connectivity index (χ0v) is 15.7. The number of aryl methyl sites for hydroxylation is 1. The van der Waals surface area contributed by atoms with Crippen molar-refractivity contribution in [2.75, 3.05) is 18.0 Å². The third kappa shape index (κ3) is 2.45. The molecule has 3 heterocycles. The van der Waals surface area contributed by atoms with Gasteiger partial charge in [0.2, 0.25) is 5.91 Å². The van der Waals surface area contributed by atoms with Crippen molar-refractivity contribution < 1.29 is 14.0 Å². The molecule has 28 heavy (non-hydrogen) atoms. The van der Waals surface area contributed by atoms with E-state index in [-0.39, 0.29) is 23.7 Å². The number of benzene rings is 2. The number of hydrogen-bond donors (Lipinski definition) is 0. The third-order valence-corrected chi connectivity index (χ3v) is 6.22. The normalized spacial score (nSPS) is 27.5. The number of hydrogen-bond acceptors (Lipinski definition) is 4. The quantitative estimate of drug-likeness (QED) is 0.770. The summed E-state index contributed by atoms with van der Waals surface area (Å²) in [5.74, 6) is -1.09. The van der Waals surface area contributed by atoms with Crippen LogP contribution in [0.5, 0.6) is 0 Å². The predicted molar refractivity (Wildman–Crippen MR) is 103 cm³/mol. The number of nitrogens with zero attached hydrogens (tertiary/aromatic N) is 3. The van der Waals surface area contributed by atoms with Gasteiger partial charge >= 0.3 is 0 Å². The number of fused-ring (bicyclic) bond motifs is 3. The molecule has 3 atom stereocenters. The number of imide groups is 1. The molecule has 2 amide bonds. The summed E-state index contributed by atoms with van der Waals surface area (Å²) in [6.45, 7) is 3.64. The van der Waals surface area contributed by atoms with E-state index in [1.807, 2.05) is 24.3 Å². The molecule has 2 aromatic rings. The van der Waals surface area contributed by atoms with Gasteiger partial charge in [0.25, 0.3) is 5.91 Å². The highest BCUT2D eigenvalue weighted by Gasteiger charge is 2.62. The molecule has 0 N–H and O–H groups in total. The van der Waals surface area contributed by atoms with E-state index in [1.165, 1.54) is 17.0 Å². The van der Waals surface area contributed by atoms with Crippen molar-refractivity contribution in [2.45, 2.75) is 31.8 Å². The standard InChI is InChI=1S/C22H22FN3O2/c1-2-14-4-10-17(11-5-14)26-21(27)18-19(15-6-8-16(23)9-7-15)24-12-3-13-25(24)20(18)22(26)28/h4-11,18-20H,2-3,12-13H2,1H3/t18-,19+,20+/m0/s1. The molecule has 3 aliphatic heterocycles. The second-order valence-corrected chi connectivity index (χ2v) is 7.68. The summed E-state index contributed by atoms with van der Waals surface area (Å²) in [6.07, 6.45) is 1.86. The molecule has 2 aromatic carbocycles. The Morgan fingerprint density at radius 2 is 1.54 bits per heavy atom. The number of anilines is 1. The molecule has 5 nitrogen and oxygen atoms in total. The van der Waals surface area contributed by atoms with Crippen LogP contribution in [0.3, 0.4) is 0 Å². The molecule has 0 unspecified atom stereocenters. The molecule has 3 saturated heterocycles. The van der Waals surface area contributed by atoms with Gasteiger partial charge in [-0.25, -0.2) is 19.3 Å². The number of hydrazine groups is 1. The highest BCUT2D eigenvalue weighted by molar-refractivity contribution is 6.24. The summed E-state index contributed by atoms with van der Waals surface area (Å²) in [4.78, 5) is 28.1. The van der Waals surface area contributed by atoms with E-state index in [9.17, 15) is 14.0 Å². The Bertz CT molecular complexity index is 928. The number of amides is 2. The van der Waals surface area contributed by atoms with Crippen LogP contribution in [0.25, 0.3) is 0 Å². The fraction of sp³-hybridized carbons (Fsp3) is 0.364. The van der Waals surface area contributed by atoms with Crippen LogP contribution in [-0.4, -0.2) is 41.0 Å². The largest absolute Gasteiger partial charge is 0.274 e. The van der Waals surface area contributed by atoms with Gasteiger partial charge in [0.15, 0.2) is 0 Å². The van der Waals surface area contributed by atoms with Crippen molar-refractivity contribution in [3.63, 3.8) is 0 Å². The number of carbonyl (C=O) groups is 2. The van der Waals surface area contributed by atoms with Crippen molar-refractivity contribution in [2.24, 2.45) is 5.92 Å². The van der Waals surface area contributed by atoms with Gasteiger partial charge in [-0.2, -0.15) is 0 Å². The average Bonchev–Trinajstić information content (AvgIpc) is 3.35. The van der Waals surface area contributed by atoms with Crippen molar-refractivity contribution in [3.8, 4) is 0 Å². The Morgan fingerprint density at radius 1 is 0.893 bits per heavy atom. The Morgan fingerprint density at radius 3 is 2.18 bits per heavy atom. The first-order valence-electron chi connectivity index (χ1n) is 9.85. The molecular formula is C22H22FN3O2. The fourth-order valence-electron chi connectivity index (χ4n) is 4.91. The molecule has 0 bridgehead atoms. The SMILES string of the molecule is CCc1ccc(N2C(=O)[C@H]3[C@@H](c4ccc(F)cc4)N4CCCN4[C@H]3C2=O)cc1. The van der Waals surface area contributed by atoms with Gasteiger partial charge in [-0.1, -0.05) is 31.2 Å². The predicted octanol–water partition coefficient (Wildman–Crippen LogP) is 2.92. The lowest BCUT2D eigenvalue weighted by molar-refractivity contribution is -0.126. The van der Waals surface area contributed by atoms with Gasteiger partial charge in [0.05, 0.1) is 17.6 Å². The average molecular weight is 379 g/mol. The molecule has 0 radical (unpaired) electrons. The molecule has 5 rings (SSSR count). The number of halogens is 1. The minimum absolute atomic E-state index is 0.157. The van der Waals surface area contributed by atoms with Crippen molar-refractivity contribution in [1.82, 2.24) is 10.0 Å². The van der Waals surface area contributed by atoms with Crippen molar-refractivity contribution in [3.05, 3.63) is 65.5 Å². The van der Waals surface area contributed by atoms with Crippen LogP contribution < -0.4 is 4.90 Å². The van der Waals surface area contributed by atoms with Gasteiger partial charge in [0, 0.05) is 13.1 Å². The maximum atomic E-state index is 13.4. The second-order valence-electron chi connectivity index (χ2n) is 7.68. The van der Waals surface area contributed by atoms with E-state index in [0.29, 0.717) is 5.69 Å². The summed E-state index contributed by atoms with van der Waals surface area (Å²) >= 11 is 0. The van der Waals surface area contributed by atoms with Crippen molar-refractivity contribution in [1.29, 1.82) is 0 Å². The molecule has 6 heteroatoms. The van der Waals surface area contributed by atoms with Crippen LogP contribution in [0.15, 0.2) is 48.5 Å². The molecule has 0 saturated carbocycles. The molecule has 3 fully saturated rings. The number of rotatable bonds is 3. The molecule has 0 spiro atoms. The first-order valence-corrected chi connectivity index (χ1v) is 9.85. The fourth-order valence-corrected chi connectivity index (χ4v) is 4.91. The van der Waals surface area contributed by atoms with E-state index < -0.39 is 12.0 Å². The smallest absolute Gasteiger partial charge is 0.253 e. The van der Waals surface area contributed by atoms with Gasteiger partial charge in [-0.3, -0.25) is 9.59 Å². The zero-order valence-electron chi connectivity index (χ0n) is 15.7. The topological polar surface area (TPSA) is 43.9 Å². The first kappa shape index (κ1) is 17.5. The van der Waals surface area contributed by atoms with Crippen molar-refractivity contribution >= 4 is 17.5 Å². The first-order chi connectivity index (χ1) is 13.6. The molecule has 144 valence electrons. The third-order valence-electron chi connectivity index (χ3n) is 6.22. The molecule has 0 aliphatic carbocycles. The van der Waals surface area contributed by atoms with Gasteiger partial charge in [0.1, 0.15) is 11.9 Å².